The van der Waals surface area contributed by atoms with Crippen molar-refractivity contribution < 1.29 is 52.8 Å². The van der Waals surface area contributed by atoms with E-state index in [0.717, 1.165) is 6.07 Å². The monoisotopic (exact) mass is 548 g/mol. The van der Waals surface area contributed by atoms with Gasteiger partial charge in [0.2, 0.25) is 6.54 Å². The minimum atomic E-state index is -5.48. The van der Waals surface area contributed by atoms with Crippen molar-refractivity contribution in [2.45, 2.75) is 17.3 Å². The van der Waals surface area contributed by atoms with Crippen LogP contribution in [-0.4, -0.2) is 17.6 Å². The Bertz CT molecular complexity index is 1280. The molecule has 0 bridgehead atoms. The molecular weight excluding hydrogens is 528 g/mol. The maximum Gasteiger partial charge on any atom is 1.00 e. The van der Waals surface area contributed by atoms with Crippen LogP contribution in [0.1, 0.15) is 22.3 Å². The van der Waals surface area contributed by atoms with E-state index in [0.29, 0.717) is 16.7 Å². The molecule has 0 aromatic heterocycles. The number of anilines is 1. The van der Waals surface area contributed by atoms with E-state index < -0.39 is 34.3 Å². The molecule has 0 aliphatic carbocycles. The molecule has 0 saturated heterocycles. The summed E-state index contributed by atoms with van der Waals surface area (Å²) in [5, 5.41) is 27.6. The van der Waals surface area contributed by atoms with Gasteiger partial charge in [0, 0.05) is 15.6 Å². The molecule has 0 saturated carbocycles. The zero-order valence-electron chi connectivity index (χ0n) is 20.3. The van der Waals surface area contributed by atoms with Crippen molar-refractivity contribution in [1.82, 2.24) is 0 Å². The molecule has 10 heteroatoms. The Kier molecular flexibility index (Phi) is 9.28. The first kappa shape index (κ1) is 29.7. The predicted octanol–water partition coefficient (Wildman–Crippen LogP) is 3.14. The largest absolute Gasteiger partial charge is 1.00 e. The summed E-state index contributed by atoms with van der Waals surface area (Å²) in [5.41, 5.74) is -4.40. The van der Waals surface area contributed by atoms with Crippen LogP contribution in [0.25, 0.3) is 0 Å². The van der Waals surface area contributed by atoms with E-state index in [-0.39, 0.29) is 40.3 Å². The second kappa shape index (κ2) is 11.9. The molecule has 0 spiro atoms. The maximum atomic E-state index is 14.2. The van der Waals surface area contributed by atoms with Crippen LogP contribution in [-0.2, 0) is 11.1 Å². The molecular formula is C28H21ClF3N2NaO3. The third-order valence-corrected chi connectivity index (χ3v) is 6.40. The number of hydrogen-bond acceptors (Lipinski definition) is 4. The fourth-order valence-electron chi connectivity index (χ4n) is 4.45. The standard InChI is InChI=1S/C28H21ClF3N2O3.Na/c29-23-16-17-25(24(18-23)26(35,19-34(36)37)28(30,31)32)33-27(20-10-4-1-5-11-20,21-12-6-2-7-13-21)22-14-8-3-9-15-22;/h1-18,33H,19H2;/q-1;+1. The fraction of sp³-hybridized carbons (Fsp3) is 0.143. The quantitative estimate of drug-likeness (QED) is 0.159. The molecule has 5 nitrogen and oxygen atoms in total. The summed E-state index contributed by atoms with van der Waals surface area (Å²) in [6, 6.07) is 30.5. The zero-order chi connectivity index (χ0) is 26.7. The minimum Gasteiger partial charge on any atom is -0.835 e. The van der Waals surface area contributed by atoms with Gasteiger partial charge in [-0.3, -0.25) is 10.1 Å². The molecule has 0 aliphatic heterocycles. The summed E-state index contributed by atoms with van der Waals surface area (Å²) in [5.74, 6) is 0. The molecule has 0 radical (unpaired) electrons. The van der Waals surface area contributed by atoms with Crippen molar-refractivity contribution in [3.63, 3.8) is 0 Å². The van der Waals surface area contributed by atoms with Crippen molar-refractivity contribution in [3.8, 4) is 0 Å². The molecule has 0 amide bonds. The van der Waals surface area contributed by atoms with Gasteiger partial charge in [0.05, 0.1) is 5.60 Å². The average molecular weight is 549 g/mol. The molecule has 0 aliphatic rings. The van der Waals surface area contributed by atoms with E-state index in [4.69, 9.17) is 11.6 Å². The smallest absolute Gasteiger partial charge is 0.835 e. The van der Waals surface area contributed by atoms with Gasteiger partial charge < -0.3 is 10.4 Å². The summed E-state index contributed by atoms with van der Waals surface area (Å²) < 4.78 is 42.5. The Hall–Kier alpha value is -2.88. The molecule has 4 rings (SSSR count). The van der Waals surface area contributed by atoms with E-state index in [1.807, 2.05) is 36.4 Å². The fourth-order valence-corrected chi connectivity index (χ4v) is 4.62. The average Bonchev–Trinajstić information content (AvgIpc) is 2.88. The van der Waals surface area contributed by atoms with Gasteiger partial charge in [-0.1, -0.05) is 103 Å². The van der Waals surface area contributed by atoms with E-state index in [2.05, 4.69) is 5.32 Å². The number of halogens is 4. The van der Waals surface area contributed by atoms with Crippen molar-refractivity contribution in [2.75, 3.05) is 11.9 Å². The van der Waals surface area contributed by atoms with Gasteiger partial charge in [-0.25, -0.2) is 0 Å². The molecule has 1 unspecified atom stereocenters. The second-order valence-corrected chi connectivity index (χ2v) is 8.92. The summed E-state index contributed by atoms with van der Waals surface area (Å²) in [6.07, 6.45) is -5.48. The Morgan fingerprint density at radius 2 is 1.18 bits per heavy atom. The number of alkyl halides is 3. The number of nitrogens with one attached hydrogen (secondary N) is 1. The predicted molar refractivity (Wildman–Crippen MR) is 134 cm³/mol. The van der Waals surface area contributed by atoms with Crippen LogP contribution in [0.2, 0.25) is 5.02 Å². The molecule has 190 valence electrons. The van der Waals surface area contributed by atoms with Gasteiger partial charge in [-0.05, 0) is 40.5 Å². The van der Waals surface area contributed by atoms with Crippen molar-refractivity contribution >= 4 is 17.3 Å². The molecule has 0 fully saturated rings. The molecule has 1 atom stereocenters. The third-order valence-electron chi connectivity index (χ3n) is 6.17. The van der Waals surface area contributed by atoms with Crippen LogP contribution in [0.3, 0.4) is 0 Å². The Balaban J connectivity index is 0.00000400. The number of rotatable bonds is 8. The SMILES string of the molecule is O=[N+]([O-])CC([O-])(c1cc(Cl)ccc1NC(c1ccccc1)(c1ccccc1)c1ccccc1)C(F)(F)F.[Na+]. The topological polar surface area (TPSA) is 78.2 Å². The van der Waals surface area contributed by atoms with Gasteiger partial charge in [0.15, 0.2) is 0 Å². The van der Waals surface area contributed by atoms with Crippen molar-refractivity contribution in [3.05, 3.63) is 147 Å². The molecule has 38 heavy (non-hydrogen) atoms. The van der Waals surface area contributed by atoms with Gasteiger partial charge in [-0.15, -0.1) is 0 Å². The Labute approximate surface area is 244 Å². The van der Waals surface area contributed by atoms with Crippen LogP contribution >= 0.6 is 11.6 Å². The number of nitrogens with zero attached hydrogens (tertiary/aromatic N) is 1. The molecule has 4 aromatic rings. The summed E-state index contributed by atoms with van der Waals surface area (Å²) >= 11 is 6.03. The first-order valence-corrected chi connectivity index (χ1v) is 11.6. The Morgan fingerprint density at radius 1 is 0.763 bits per heavy atom. The summed E-state index contributed by atoms with van der Waals surface area (Å²) in [6.45, 7) is -1.90. The van der Waals surface area contributed by atoms with E-state index >= 15 is 0 Å². The third kappa shape index (κ3) is 5.75. The molecule has 0 heterocycles. The number of hydrogen-bond donors (Lipinski definition) is 1. The number of nitro groups is 1. The maximum absolute atomic E-state index is 14.2. The van der Waals surface area contributed by atoms with Crippen LogP contribution in [0.15, 0.2) is 109 Å². The molecule has 4 aromatic carbocycles. The van der Waals surface area contributed by atoms with Crippen LogP contribution < -0.4 is 40.0 Å². The van der Waals surface area contributed by atoms with E-state index in [9.17, 15) is 28.4 Å². The first-order valence-electron chi connectivity index (χ1n) is 11.2. The van der Waals surface area contributed by atoms with E-state index in [1.165, 1.54) is 12.1 Å². The summed E-state index contributed by atoms with van der Waals surface area (Å²) in [4.78, 5) is 9.97. The van der Waals surface area contributed by atoms with Crippen molar-refractivity contribution in [1.29, 1.82) is 0 Å². The van der Waals surface area contributed by atoms with Crippen LogP contribution in [0.5, 0.6) is 0 Å². The van der Waals surface area contributed by atoms with Gasteiger partial charge >= 0.3 is 35.7 Å². The molecule has 1 N–H and O–H groups in total. The second-order valence-electron chi connectivity index (χ2n) is 8.48. The Morgan fingerprint density at radius 3 is 1.55 bits per heavy atom. The van der Waals surface area contributed by atoms with Gasteiger partial charge in [-0.2, -0.15) is 13.2 Å². The normalized spacial score (nSPS) is 13.2. The van der Waals surface area contributed by atoms with E-state index in [1.54, 1.807) is 54.6 Å². The zero-order valence-corrected chi connectivity index (χ0v) is 23.0. The first-order chi connectivity index (χ1) is 17.6. The van der Waals surface area contributed by atoms with Gasteiger partial charge in [0.25, 0.3) is 0 Å². The van der Waals surface area contributed by atoms with Gasteiger partial charge in [0.1, 0.15) is 5.54 Å². The number of benzene rings is 4. The summed E-state index contributed by atoms with van der Waals surface area (Å²) in [7, 11) is 0. The van der Waals surface area contributed by atoms with Crippen LogP contribution in [0, 0.1) is 10.1 Å². The van der Waals surface area contributed by atoms with Crippen LogP contribution in [0.4, 0.5) is 18.9 Å². The van der Waals surface area contributed by atoms with Crippen molar-refractivity contribution in [2.24, 2.45) is 0 Å². The minimum absolute atomic E-state index is 0.